The Morgan fingerprint density at radius 2 is 1.67 bits per heavy atom. The molecule has 2 aromatic heterocycles. The zero-order valence-electron chi connectivity index (χ0n) is 16.1. The van der Waals surface area contributed by atoms with Crippen LogP contribution in [0.3, 0.4) is 0 Å². The summed E-state index contributed by atoms with van der Waals surface area (Å²) in [5.74, 6) is -4.75. The van der Waals surface area contributed by atoms with Crippen LogP contribution < -0.4 is 4.74 Å². The summed E-state index contributed by atoms with van der Waals surface area (Å²) in [5, 5.41) is 18.6. The molecule has 0 aliphatic rings. The monoisotopic (exact) mass is 420 g/mol. The lowest BCUT2D eigenvalue weighted by Gasteiger charge is -2.26. The molecule has 4 rings (SSSR count). The van der Waals surface area contributed by atoms with E-state index in [4.69, 9.17) is 4.74 Å². The van der Waals surface area contributed by atoms with E-state index in [1.807, 2.05) is 0 Å². The highest BCUT2D eigenvalue weighted by Crippen LogP contribution is 2.34. The third kappa shape index (κ3) is 3.14. The predicted octanol–water partition coefficient (Wildman–Crippen LogP) is 4.54. The molecule has 0 radical (unpaired) electrons. The summed E-state index contributed by atoms with van der Waals surface area (Å²) in [5.41, 5.74) is -1.29. The summed E-state index contributed by atoms with van der Waals surface area (Å²) in [4.78, 5) is 2.60. The Morgan fingerprint density at radius 1 is 1.00 bits per heavy atom. The Kier molecular flexibility index (Phi) is 4.44. The summed E-state index contributed by atoms with van der Waals surface area (Å²) < 4.78 is 62.7. The zero-order chi connectivity index (χ0) is 21.8. The molecule has 0 amide bonds. The van der Waals surface area contributed by atoms with Crippen LogP contribution in [0.15, 0.2) is 30.5 Å². The molecule has 6 nitrogen and oxygen atoms in total. The van der Waals surface area contributed by atoms with Crippen LogP contribution >= 0.6 is 0 Å². The van der Waals surface area contributed by atoms with Gasteiger partial charge >= 0.3 is 0 Å². The highest BCUT2D eigenvalue weighted by Gasteiger charge is 2.33. The second-order valence-electron chi connectivity index (χ2n) is 7.27. The van der Waals surface area contributed by atoms with Crippen LogP contribution in [0.2, 0.25) is 0 Å². The maximum atomic E-state index is 14.7. The van der Waals surface area contributed by atoms with Crippen LogP contribution in [0.1, 0.15) is 19.7 Å². The number of benzene rings is 2. The number of nitrogens with zero attached hydrogens (tertiary/aromatic N) is 3. The molecule has 2 aromatic carbocycles. The summed E-state index contributed by atoms with van der Waals surface area (Å²) in [6, 6.07) is 3.67. The van der Waals surface area contributed by atoms with Gasteiger partial charge in [-0.05, 0) is 26.0 Å². The molecule has 0 aliphatic heterocycles. The SMILES string of the molecule is Cn1c(-c2cc3c[nH]c(O)c3cc2F)nnc1C(C)(C)Oc1c(F)cc(F)cc1F. The number of aromatic nitrogens is 4. The Labute approximate surface area is 167 Å². The van der Waals surface area contributed by atoms with Gasteiger partial charge in [0.2, 0.25) is 0 Å². The van der Waals surface area contributed by atoms with Gasteiger partial charge in [-0.1, -0.05) is 0 Å². The largest absolute Gasteiger partial charge is 0.494 e. The van der Waals surface area contributed by atoms with E-state index in [0.717, 1.165) is 6.07 Å². The van der Waals surface area contributed by atoms with E-state index in [2.05, 4.69) is 15.2 Å². The van der Waals surface area contributed by atoms with Gasteiger partial charge in [-0.2, -0.15) is 0 Å². The van der Waals surface area contributed by atoms with Crippen molar-refractivity contribution in [2.75, 3.05) is 0 Å². The lowest BCUT2D eigenvalue weighted by molar-refractivity contribution is 0.0833. The van der Waals surface area contributed by atoms with Crippen molar-refractivity contribution in [3.63, 3.8) is 0 Å². The van der Waals surface area contributed by atoms with Crippen LogP contribution in [0.25, 0.3) is 22.2 Å². The second kappa shape index (κ2) is 6.75. The maximum absolute atomic E-state index is 14.7. The van der Waals surface area contributed by atoms with Crippen molar-refractivity contribution in [2.24, 2.45) is 7.05 Å². The minimum absolute atomic E-state index is 0.109. The average molecular weight is 420 g/mol. The predicted molar refractivity (Wildman–Crippen MR) is 99.9 cm³/mol. The third-order valence-electron chi connectivity index (χ3n) is 4.73. The minimum atomic E-state index is -1.40. The minimum Gasteiger partial charge on any atom is -0.494 e. The van der Waals surface area contributed by atoms with Gasteiger partial charge in [-0.3, -0.25) is 0 Å². The third-order valence-corrected chi connectivity index (χ3v) is 4.73. The highest BCUT2D eigenvalue weighted by molar-refractivity contribution is 5.90. The number of hydrogen-bond donors (Lipinski definition) is 2. The number of aromatic amines is 1. The van der Waals surface area contributed by atoms with E-state index in [9.17, 15) is 22.7 Å². The molecule has 0 atom stereocenters. The van der Waals surface area contributed by atoms with Gasteiger partial charge in [0.15, 0.2) is 40.5 Å². The molecule has 4 aromatic rings. The van der Waals surface area contributed by atoms with Crippen LogP contribution in [-0.2, 0) is 12.6 Å². The molecule has 0 bridgehead atoms. The topological polar surface area (TPSA) is 76.0 Å². The highest BCUT2D eigenvalue weighted by atomic mass is 19.1. The first-order valence-electron chi connectivity index (χ1n) is 8.82. The fourth-order valence-electron chi connectivity index (χ4n) is 3.33. The Bertz CT molecular complexity index is 1260. The number of fused-ring (bicyclic) bond motifs is 1. The summed E-state index contributed by atoms with van der Waals surface area (Å²) in [7, 11) is 1.55. The maximum Gasteiger partial charge on any atom is 0.196 e. The number of halogens is 4. The van der Waals surface area contributed by atoms with Crippen molar-refractivity contribution >= 4 is 10.8 Å². The van der Waals surface area contributed by atoms with Crippen LogP contribution in [0.4, 0.5) is 17.6 Å². The van der Waals surface area contributed by atoms with E-state index < -0.39 is 34.6 Å². The molecular formula is C20H16F4N4O2. The van der Waals surface area contributed by atoms with Crippen molar-refractivity contribution in [1.82, 2.24) is 19.7 Å². The molecule has 10 heteroatoms. The molecule has 0 unspecified atom stereocenters. The van der Waals surface area contributed by atoms with Gasteiger partial charge in [0.25, 0.3) is 0 Å². The summed E-state index contributed by atoms with van der Waals surface area (Å²) in [6.45, 7) is 2.99. The standard InChI is InChI=1S/C20H16F4N4O2/c1-20(2,30-16-14(23)5-10(21)6-15(16)24)19-27-26-17(28(19)3)12-4-9-8-25-18(29)11(9)7-13(12)22/h4-8,25,29H,1-3H3. The Balaban J connectivity index is 1.75. The van der Waals surface area contributed by atoms with Gasteiger partial charge in [0.1, 0.15) is 11.6 Å². The fraction of sp³-hybridized carbons (Fsp3) is 0.200. The van der Waals surface area contributed by atoms with E-state index in [-0.39, 0.29) is 23.1 Å². The van der Waals surface area contributed by atoms with Crippen LogP contribution in [-0.4, -0.2) is 24.9 Å². The molecule has 0 spiro atoms. The van der Waals surface area contributed by atoms with Gasteiger partial charge in [0, 0.05) is 36.1 Å². The number of hydrogen-bond acceptors (Lipinski definition) is 4. The second-order valence-corrected chi connectivity index (χ2v) is 7.27. The van der Waals surface area contributed by atoms with Gasteiger partial charge in [-0.25, -0.2) is 17.6 Å². The summed E-state index contributed by atoms with van der Waals surface area (Å²) in [6.07, 6.45) is 1.51. The molecular weight excluding hydrogens is 404 g/mol. The fourth-order valence-corrected chi connectivity index (χ4v) is 3.33. The number of rotatable bonds is 4. The van der Waals surface area contributed by atoms with Crippen LogP contribution in [0.5, 0.6) is 11.6 Å². The molecule has 2 heterocycles. The van der Waals surface area contributed by atoms with E-state index in [0.29, 0.717) is 22.9 Å². The molecule has 30 heavy (non-hydrogen) atoms. The zero-order valence-corrected chi connectivity index (χ0v) is 16.1. The number of H-pyrrole nitrogens is 1. The lowest BCUT2D eigenvalue weighted by atomic mass is 10.1. The first-order valence-corrected chi connectivity index (χ1v) is 8.82. The van der Waals surface area contributed by atoms with Crippen molar-refractivity contribution in [1.29, 1.82) is 0 Å². The van der Waals surface area contributed by atoms with E-state index in [1.165, 1.54) is 30.7 Å². The number of nitrogens with one attached hydrogen (secondary N) is 1. The molecule has 0 saturated heterocycles. The number of ether oxygens (including phenoxy) is 1. The summed E-state index contributed by atoms with van der Waals surface area (Å²) >= 11 is 0. The lowest BCUT2D eigenvalue weighted by Crippen LogP contribution is -2.30. The van der Waals surface area contributed by atoms with Gasteiger partial charge in [0.05, 0.1) is 5.56 Å². The van der Waals surface area contributed by atoms with E-state index in [1.54, 1.807) is 7.05 Å². The van der Waals surface area contributed by atoms with Crippen molar-refractivity contribution in [3.8, 4) is 23.0 Å². The first-order chi connectivity index (χ1) is 14.1. The smallest absolute Gasteiger partial charge is 0.196 e. The average Bonchev–Trinajstić information content (AvgIpc) is 3.21. The van der Waals surface area contributed by atoms with Crippen molar-refractivity contribution in [2.45, 2.75) is 19.4 Å². The molecule has 0 fully saturated rings. The first kappa shape index (κ1) is 19.7. The van der Waals surface area contributed by atoms with Crippen LogP contribution in [0, 0.1) is 23.3 Å². The van der Waals surface area contributed by atoms with Crippen molar-refractivity contribution in [3.05, 3.63) is 59.6 Å². The Morgan fingerprint density at radius 3 is 2.33 bits per heavy atom. The van der Waals surface area contributed by atoms with Gasteiger partial charge < -0.3 is 19.4 Å². The normalized spacial score (nSPS) is 12.0. The molecule has 0 saturated carbocycles. The number of aromatic hydroxyl groups is 1. The quantitative estimate of drug-likeness (QED) is 0.476. The molecule has 0 aliphatic carbocycles. The molecule has 2 N–H and O–H groups in total. The van der Waals surface area contributed by atoms with Crippen molar-refractivity contribution < 1.29 is 27.4 Å². The Hall–Kier alpha value is -3.56. The van der Waals surface area contributed by atoms with E-state index >= 15 is 0 Å². The van der Waals surface area contributed by atoms with Gasteiger partial charge in [-0.15, -0.1) is 10.2 Å². The molecule has 156 valence electrons.